The number of hydrogen-bond donors (Lipinski definition) is 0. The van der Waals surface area contributed by atoms with E-state index in [1.165, 1.54) is 26.0 Å². The van der Waals surface area contributed by atoms with Crippen molar-refractivity contribution >= 4 is 35.6 Å². The van der Waals surface area contributed by atoms with E-state index in [0.29, 0.717) is 6.42 Å². The lowest BCUT2D eigenvalue weighted by atomic mass is 9.70. The summed E-state index contributed by atoms with van der Waals surface area (Å²) in [5.41, 5.74) is -2.77. The van der Waals surface area contributed by atoms with Crippen LogP contribution in [0.2, 0.25) is 0 Å². The minimum absolute atomic E-state index is 0.00148. The highest BCUT2D eigenvalue weighted by Crippen LogP contribution is 2.55. The number of ketones is 1. The van der Waals surface area contributed by atoms with Crippen molar-refractivity contribution < 1.29 is 57.2 Å². The first kappa shape index (κ1) is 35.8. The fourth-order valence-corrected chi connectivity index (χ4v) is 7.67. The summed E-state index contributed by atoms with van der Waals surface area (Å²) in [6.07, 6.45) is -7.59. The average Bonchev–Trinajstić information content (AvgIpc) is 3.46. The monoisotopic (exact) mass is 656 g/mol. The predicted octanol–water partition coefficient (Wildman–Crippen LogP) is 3.92. The van der Waals surface area contributed by atoms with Crippen molar-refractivity contribution in [1.82, 2.24) is 0 Å². The molecule has 0 N–H and O–H groups in total. The summed E-state index contributed by atoms with van der Waals surface area (Å²) in [6, 6.07) is 7.99. The molecule has 0 radical (unpaired) electrons. The van der Waals surface area contributed by atoms with Crippen molar-refractivity contribution in [3.8, 4) is 0 Å². The number of carbonyl (C=O) groups excluding carboxylic acids is 6. The highest BCUT2D eigenvalue weighted by atomic mass is 16.6. The second-order valence-electron chi connectivity index (χ2n) is 13.6. The third-order valence-electron chi connectivity index (χ3n) is 9.44. The highest BCUT2D eigenvalue weighted by Gasteiger charge is 2.67. The summed E-state index contributed by atoms with van der Waals surface area (Å²) < 4.78 is 36.5. The molecule has 2 bridgehead atoms. The minimum atomic E-state index is -1.61. The maximum absolute atomic E-state index is 14.2. The SMILES string of the molecule is C=C1C(OC(C)=O)C(OC(=O)c2ccccc2)C(OC(C)=O)C(C)(C)C2OC(C(C)C2=O)C2(OC(C)=O)CC(C)CC2C1OC(C)=O. The molecule has 10 atom stereocenters. The van der Waals surface area contributed by atoms with Crippen LogP contribution in [-0.2, 0) is 52.4 Å². The summed E-state index contributed by atoms with van der Waals surface area (Å²) in [7, 11) is 0. The lowest BCUT2D eigenvalue weighted by Gasteiger charge is -2.44. The molecule has 1 aromatic rings. The van der Waals surface area contributed by atoms with Crippen molar-refractivity contribution in [3.63, 3.8) is 0 Å². The van der Waals surface area contributed by atoms with Gasteiger partial charge in [0.25, 0.3) is 0 Å². The van der Waals surface area contributed by atoms with Crippen molar-refractivity contribution in [1.29, 1.82) is 0 Å². The Labute approximate surface area is 274 Å². The van der Waals surface area contributed by atoms with E-state index in [1.807, 2.05) is 6.92 Å². The molecule has 1 aromatic carbocycles. The molecule has 2 aliphatic heterocycles. The molecule has 2 saturated heterocycles. The van der Waals surface area contributed by atoms with Crippen molar-refractivity contribution in [2.75, 3.05) is 0 Å². The first-order chi connectivity index (χ1) is 21.9. The fraction of sp³-hybridized carbons (Fsp3) is 0.600. The van der Waals surface area contributed by atoms with Gasteiger partial charge in [0.2, 0.25) is 0 Å². The van der Waals surface area contributed by atoms with E-state index >= 15 is 0 Å². The van der Waals surface area contributed by atoms with Crippen molar-refractivity contribution in [2.45, 2.75) is 110 Å². The first-order valence-electron chi connectivity index (χ1n) is 15.8. The van der Waals surface area contributed by atoms with Crippen LogP contribution in [0.25, 0.3) is 0 Å². The molecular formula is C35H44O12. The van der Waals surface area contributed by atoms with Gasteiger partial charge in [-0.2, -0.15) is 0 Å². The molecule has 0 amide bonds. The zero-order valence-corrected chi connectivity index (χ0v) is 28.1. The molecule has 10 unspecified atom stereocenters. The Morgan fingerprint density at radius 2 is 1.40 bits per heavy atom. The Morgan fingerprint density at radius 1 is 0.830 bits per heavy atom. The quantitative estimate of drug-likeness (QED) is 0.247. The Hall–Kier alpha value is -4.06. The fourth-order valence-electron chi connectivity index (χ4n) is 7.67. The number of ether oxygens (including phenoxy) is 6. The van der Waals surface area contributed by atoms with E-state index in [2.05, 4.69) is 6.58 Å². The van der Waals surface area contributed by atoms with E-state index in [-0.39, 0.29) is 29.3 Å². The van der Waals surface area contributed by atoms with Crippen LogP contribution >= 0.6 is 0 Å². The zero-order chi connectivity index (χ0) is 35.0. The lowest BCUT2D eigenvalue weighted by molar-refractivity contribution is -0.208. The van der Waals surface area contributed by atoms with Crippen LogP contribution in [0, 0.1) is 23.2 Å². The number of hydrogen-bond acceptors (Lipinski definition) is 12. The van der Waals surface area contributed by atoms with Gasteiger partial charge in [-0.3, -0.25) is 24.0 Å². The molecule has 3 fully saturated rings. The maximum atomic E-state index is 14.2. The van der Waals surface area contributed by atoms with Gasteiger partial charge < -0.3 is 28.4 Å². The summed E-state index contributed by atoms with van der Waals surface area (Å²) in [5, 5.41) is 0. The van der Waals surface area contributed by atoms with Gasteiger partial charge in [0, 0.05) is 50.5 Å². The number of Topliss-reactive ketones (excluding diaryl/α,β-unsaturated/α-hetero) is 1. The van der Waals surface area contributed by atoms with Crippen molar-refractivity contribution in [3.05, 3.63) is 48.0 Å². The average molecular weight is 657 g/mol. The van der Waals surface area contributed by atoms with E-state index in [0.717, 1.165) is 13.8 Å². The van der Waals surface area contributed by atoms with Crippen LogP contribution in [0.1, 0.15) is 78.6 Å². The Morgan fingerprint density at radius 3 is 1.96 bits per heavy atom. The van der Waals surface area contributed by atoms with Gasteiger partial charge >= 0.3 is 29.8 Å². The molecule has 47 heavy (non-hydrogen) atoms. The zero-order valence-electron chi connectivity index (χ0n) is 28.1. The standard InChI is InChI=1S/C35H44O12/c1-17-15-25-27(42-20(4)36)19(3)28(43-21(5)37)29(45-33(41)24-13-11-10-12-14-24)32(44-22(6)38)34(8,9)31-26(40)18(2)30(46-31)35(25,16-17)47-23(7)39/h10-14,17-18,25,27-32H,3,15-16H2,1-2,4-9H3. The van der Waals surface area contributed by atoms with Crippen LogP contribution in [-0.4, -0.2) is 77.9 Å². The molecule has 1 saturated carbocycles. The van der Waals surface area contributed by atoms with Gasteiger partial charge in [0.05, 0.1) is 5.56 Å². The van der Waals surface area contributed by atoms with E-state index in [1.54, 1.807) is 39.0 Å². The number of rotatable bonds is 6. The number of esters is 5. The summed E-state index contributed by atoms with van der Waals surface area (Å²) in [6.45, 7) is 15.8. The summed E-state index contributed by atoms with van der Waals surface area (Å²) in [5.74, 6) is -5.88. The van der Waals surface area contributed by atoms with Gasteiger partial charge in [0.1, 0.15) is 23.9 Å². The highest BCUT2D eigenvalue weighted by molar-refractivity contribution is 5.90. The number of benzene rings is 1. The second-order valence-corrected chi connectivity index (χ2v) is 13.6. The normalized spacial score (nSPS) is 34.7. The molecule has 1 aliphatic carbocycles. The molecule has 256 valence electrons. The summed E-state index contributed by atoms with van der Waals surface area (Å²) in [4.78, 5) is 78.8. The largest absolute Gasteiger partial charge is 0.458 e. The van der Waals surface area contributed by atoms with Gasteiger partial charge in [0.15, 0.2) is 24.1 Å². The first-order valence-corrected chi connectivity index (χ1v) is 15.8. The molecule has 12 nitrogen and oxygen atoms in total. The van der Waals surface area contributed by atoms with Gasteiger partial charge in [-0.25, -0.2) is 4.79 Å². The van der Waals surface area contributed by atoms with Crippen LogP contribution in [0.3, 0.4) is 0 Å². The van der Waals surface area contributed by atoms with Crippen molar-refractivity contribution in [2.24, 2.45) is 23.2 Å². The molecular weight excluding hydrogens is 612 g/mol. The maximum Gasteiger partial charge on any atom is 0.338 e. The Bertz CT molecular complexity index is 1430. The Kier molecular flexibility index (Phi) is 10.3. The molecule has 0 aromatic heterocycles. The Balaban J connectivity index is 2.05. The summed E-state index contributed by atoms with van der Waals surface area (Å²) >= 11 is 0. The van der Waals surface area contributed by atoms with Gasteiger partial charge in [-0.15, -0.1) is 0 Å². The number of fused-ring (bicyclic) bond motifs is 4. The van der Waals surface area contributed by atoms with E-state index in [9.17, 15) is 28.8 Å². The molecule has 0 spiro atoms. The predicted molar refractivity (Wildman–Crippen MR) is 164 cm³/mol. The smallest absolute Gasteiger partial charge is 0.338 e. The molecule has 3 aliphatic rings. The van der Waals surface area contributed by atoms with Crippen LogP contribution in [0.5, 0.6) is 0 Å². The van der Waals surface area contributed by atoms with Gasteiger partial charge in [-0.1, -0.05) is 52.5 Å². The molecule has 2 heterocycles. The van der Waals surface area contributed by atoms with Gasteiger partial charge in [-0.05, 0) is 30.9 Å². The molecule has 4 rings (SSSR count). The third kappa shape index (κ3) is 6.97. The van der Waals surface area contributed by atoms with E-state index in [4.69, 9.17) is 28.4 Å². The second kappa shape index (κ2) is 13.6. The lowest BCUT2D eigenvalue weighted by Crippen LogP contribution is -2.58. The van der Waals surface area contributed by atoms with E-state index < -0.39 is 89.3 Å². The third-order valence-corrected chi connectivity index (χ3v) is 9.44. The van der Waals surface area contributed by atoms with Crippen LogP contribution in [0.4, 0.5) is 0 Å². The molecule has 12 heteroatoms. The minimum Gasteiger partial charge on any atom is -0.458 e. The topological polar surface area (TPSA) is 158 Å². The van der Waals surface area contributed by atoms with Crippen LogP contribution < -0.4 is 0 Å². The van der Waals surface area contributed by atoms with Crippen LogP contribution in [0.15, 0.2) is 42.5 Å². The number of carbonyl (C=O) groups is 6.